The number of terminal acetylenes is 1. The molecule has 0 fully saturated rings. The van der Waals surface area contributed by atoms with Crippen LogP contribution in [0.2, 0.25) is 19.6 Å². The highest BCUT2D eigenvalue weighted by Crippen LogP contribution is 2.16. The molecule has 0 bridgehead atoms. The van der Waals surface area contributed by atoms with E-state index < -0.39 is 8.07 Å². The molecule has 0 heterocycles. The Balaban J connectivity index is 3.42. The van der Waals surface area contributed by atoms with Crippen LogP contribution in [-0.2, 0) is 0 Å². The van der Waals surface area contributed by atoms with E-state index in [2.05, 4.69) is 25.6 Å². The standard InChI is InChI=1S/C11H13NO2Si/c1-5-9-6-7-11(15(2,3)4)10(8-9)12(13)14/h1,6-8H,2-4H3. The summed E-state index contributed by atoms with van der Waals surface area (Å²) >= 11 is 0. The van der Waals surface area contributed by atoms with Gasteiger partial charge in [-0.2, -0.15) is 0 Å². The third-order valence-electron chi connectivity index (χ3n) is 2.17. The van der Waals surface area contributed by atoms with Crippen LogP contribution in [0.3, 0.4) is 0 Å². The average Bonchev–Trinajstić information content (AvgIpc) is 2.15. The molecule has 15 heavy (non-hydrogen) atoms. The van der Waals surface area contributed by atoms with Crippen molar-refractivity contribution in [2.75, 3.05) is 0 Å². The van der Waals surface area contributed by atoms with Crippen molar-refractivity contribution in [1.29, 1.82) is 0 Å². The van der Waals surface area contributed by atoms with Gasteiger partial charge in [0.2, 0.25) is 0 Å². The maximum atomic E-state index is 10.9. The molecule has 0 N–H and O–H groups in total. The van der Waals surface area contributed by atoms with Crippen LogP contribution in [0.1, 0.15) is 5.56 Å². The van der Waals surface area contributed by atoms with E-state index in [4.69, 9.17) is 6.42 Å². The van der Waals surface area contributed by atoms with E-state index in [-0.39, 0.29) is 10.6 Å². The number of nitro groups is 1. The van der Waals surface area contributed by atoms with Crippen LogP contribution in [0.5, 0.6) is 0 Å². The first-order valence-electron chi connectivity index (χ1n) is 4.62. The highest BCUT2D eigenvalue weighted by molar-refractivity contribution is 6.89. The molecule has 0 aliphatic carbocycles. The monoisotopic (exact) mass is 219 g/mol. The molecule has 4 heteroatoms. The molecule has 0 aliphatic rings. The Morgan fingerprint density at radius 3 is 2.40 bits per heavy atom. The quantitative estimate of drug-likeness (QED) is 0.331. The summed E-state index contributed by atoms with van der Waals surface area (Å²) in [6, 6.07) is 5.04. The molecule has 0 unspecified atom stereocenters. The van der Waals surface area contributed by atoms with E-state index in [1.807, 2.05) is 0 Å². The number of nitrogens with zero attached hydrogens (tertiary/aromatic N) is 1. The van der Waals surface area contributed by atoms with Crippen molar-refractivity contribution in [1.82, 2.24) is 0 Å². The first kappa shape index (κ1) is 11.5. The van der Waals surface area contributed by atoms with Gasteiger partial charge in [-0.3, -0.25) is 10.1 Å². The predicted octanol–water partition coefficient (Wildman–Crippen LogP) is 2.12. The van der Waals surface area contributed by atoms with Gasteiger partial charge in [0.15, 0.2) is 0 Å². The second-order valence-electron chi connectivity index (χ2n) is 4.38. The SMILES string of the molecule is C#Cc1ccc([Si](C)(C)C)c([N+](=O)[O-])c1. The number of benzene rings is 1. The van der Waals surface area contributed by atoms with Crippen molar-refractivity contribution in [3.05, 3.63) is 33.9 Å². The topological polar surface area (TPSA) is 43.1 Å². The molecule has 0 amide bonds. The van der Waals surface area contributed by atoms with Gasteiger partial charge >= 0.3 is 0 Å². The van der Waals surface area contributed by atoms with E-state index in [1.54, 1.807) is 12.1 Å². The van der Waals surface area contributed by atoms with Gasteiger partial charge in [0.05, 0.1) is 13.0 Å². The van der Waals surface area contributed by atoms with Crippen LogP contribution in [-0.4, -0.2) is 13.0 Å². The molecule has 3 nitrogen and oxygen atoms in total. The summed E-state index contributed by atoms with van der Waals surface area (Å²) in [5.41, 5.74) is 0.716. The lowest BCUT2D eigenvalue weighted by molar-refractivity contribution is -0.383. The summed E-state index contributed by atoms with van der Waals surface area (Å²) in [5.74, 6) is 2.41. The number of nitro benzene ring substituents is 1. The largest absolute Gasteiger partial charge is 0.269 e. The fourth-order valence-electron chi connectivity index (χ4n) is 1.41. The summed E-state index contributed by atoms with van der Waals surface area (Å²) in [6.45, 7) is 6.22. The smallest absolute Gasteiger partial charge is 0.258 e. The molecule has 1 aromatic carbocycles. The van der Waals surface area contributed by atoms with Gasteiger partial charge in [0.25, 0.3) is 5.69 Å². The van der Waals surface area contributed by atoms with Crippen LogP contribution >= 0.6 is 0 Å². The van der Waals surface area contributed by atoms with E-state index >= 15 is 0 Å². The molecule has 0 atom stereocenters. The van der Waals surface area contributed by atoms with Gasteiger partial charge in [-0.05, 0) is 6.07 Å². The van der Waals surface area contributed by atoms with Crippen LogP contribution in [0, 0.1) is 22.5 Å². The maximum Gasteiger partial charge on any atom is 0.269 e. The molecule has 0 radical (unpaired) electrons. The van der Waals surface area contributed by atoms with Crippen molar-refractivity contribution in [3.63, 3.8) is 0 Å². The fraction of sp³-hybridized carbons (Fsp3) is 0.273. The Hall–Kier alpha value is -1.60. The van der Waals surface area contributed by atoms with Gasteiger partial charge in [-0.15, -0.1) is 6.42 Å². The normalized spacial score (nSPS) is 10.8. The zero-order valence-electron chi connectivity index (χ0n) is 9.07. The van der Waals surface area contributed by atoms with E-state index in [0.29, 0.717) is 5.56 Å². The zero-order valence-corrected chi connectivity index (χ0v) is 10.1. The Bertz CT molecular complexity index is 441. The van der Waals surface area contributed by atoms with Crippen molar-refractivity contribution in [3.8, 4) is 12.3 Å². The van der Waals surface area contributed by atoms with Gasteiger partial charge in [-0.1, -0.05) is 31.6 Å². The van der Waals surface area contributed by atoms with Gasteiger partial charge in [0.1, 0.15) is 0 Å². The molecule has 0 saturated heterocycles. The van der Waals surface area contributed by atoms with Crippen LogP contribution in [0.15, 0.2) is 18.2 Å². The predicted molar refractivity (Wildman–Crippen MR) is 64.0 cm³/mol. The molecule has 1 rings (SSSR count). The van der Waals surface area contributed by atoms with Crippen molar-refractivity contribution in [2.24, 2.45) is 0 Å². The van der Waals surface area contributed by atoms with E-state index in [0.717, 1.165) is 5.19 Å². The number of hydrogen-bond acceptors (Lipinski definition) is 2. The lowest BCUT2D eigenvalue weighted by Gasteiger charge is -2.16. The Kier molecular flexibility index (Phi) is 2.96. The number of rotatable bonds is 2. The highest BCUT2D eigenvalue weighted by atomic mass is 28.3. The fourth-order valence-corrected chi connectivity index (χ4v) is 2.92. The van der Waals surface area contributed by atoms with Crippen LogP contribution in [0.4, 0.5) is 5.69 Å². The summed E-state index contributed by atoms with van der Waals surface area (Å²) in [6.07, 6.45) is 5.22. The molecular formula is C11H13NO2Si. The zero-order chi connectivity index (χ0) is 11.6. The Morgan fingerprint density at radius 2 is 2.00 bits per heavy atom. The minimum Gasteiger partial charge on any atom is -0.258 e. The molecule has 0 aromatic heterocycles. The molecule has 78 valence electrons. The maximum absolute atomic E-state index is 10.9. The second kappa shape index (κ2) is 3.87. The molecule has 0 saturated carbocycles. The molecule has 0 aliphatic heterocycles. The third-order valence-corrected chi connectivity index (χ3v) is 4.21. The molecule has 1 aromatic rings. The van der Waals surface area contributed by atoms with Crippen molar-refractivity contribution < 1.29 is 4.92 Å². The Labute approximate surface area is 90.3 Å². The lowest BCUT2D eigenvalue weighted by Crippen LogP contribution is -2.39. The molecule has 0 spiro atoms. The van der Waals surface area contributed by atoms with Crippen molar-refractivity contribution in [2.45, 2.75) is 19.6 Å². The van der Waals surface area contributed by atoms with E-state index in [1.165, 1.54) is 6.07 Å². The first-order chi connectivity index (χ1) is 6.86. The first-order valence-corrected chi connectivity index (χ1v) is 8.12. The molecular weight excluding hydrogens is 206 g/mol. The summed E-state index contributed by atoms with van der Waals surface area (Å²) < 4.78 is 0. The van der Waals surface area contributed by atoms with Gasteiger partial charge in [-0.25, -0.2) is 0 Å². The van der Waals surface area contributed by atoms with Crippen LogP contribution in [0.25, 0.3) is 0 Å². The summed E-state index contributed by atoms with van der Waals surface area (Å²) in [4.78, 5) is 10.5. The summed E-state index contributed by atoms with van der Waals surface area (Å²) in [5, 5.41) is 11.7. The minimum atomic E-state index is -1.69. The second-order valence-corrected chi connectivity index (χ2v) is 9.42. The summed E-state index contributed by atoms with van der Waals surface area (Å²) in [7, 11) is -1.69. The lowest BCUT2D eigenvalue weighted by atomic mass is 10.2. The van der Waals surface area contributed by atoms with Gasteiger partial charge in [0, 0.05) is 16.8 Å². The average molecular weight is 219 g/mol. The Morgan fingerprint density at radius 1 is 1.40 bits per heavy atom. The highest BCUT2D eigenvalue weighted by Gasteiger charge is 2.26. The van der Waals surface area contributed by atoms with Crippen LogP contribution < -0.4 is 5.19 Å². The van der Waals surface area contributed by atoms with E-state index in [9.17, 15) is 10.1 Å². The third kappa shape index (κ3) is 2.45. The van der Waals surface area contributed by atoms with Crippen molar-refractivity contribution >= 4 is 18.9 Å². The minimum absolute atomic E-state index is 0.157. The van der Waals surface area contributed by atoms with Gasteiger partial charge < -0.3 is 0 Å². The number of hydrogen-bond donors (Lipinski definition) is 0.